The Kier molecular flexibility index (Phi) is 37.9. The number of phosphoric ester groups is 1. The van der Waals surface area contributed by atoms with Crippen LogP contribution in [-0.4, -0.2) is 47.8 Å². The van der Waals surface area contributed by atoms with Crippen LogP contribution in [0.4, 0.5) is 0 Å². The Labute approximate surface area is 315 Å². The zero-order valence-corrected chi connectivity index (χ0v) is 34.2. The molecule has 0 aromatic rings. The summed E-state index contributed by atoms with van der Waals surface area (Å²) in [6.45, 7) is 4.13. The lowest BCUT2D eigenvalue weighted by molar-refractivity contribution is -0.123. The van der Waals surface area contributed by atoms with Crippen LogP contribution in [0, 0.1) is 0 Å². The Morgan fingerprint density at radius 1 is 0.627 bits per heavy atom. The first-order chi connectivity index (χ1) is 24.9. The molecule has 302 valence electrons. The molecule has 0 fully saturated rings. The van der Waals surface area contributed by atoms with Gasteiger partial charge in [-0.1, -0.05) is 179 Å². The second kappa shape index (κ2) is 38.7. The molecule has 51 heavy (non-hydrogen) atoms. The fraction of sp³-hybridized carbons (Fsp3) is 0.881. The van der Waals surface area contributed by atoms with Crippen LogP contribution in [0.25, 0.3) is 0 Å². The summed E-state index contributed by atoms with van der Waals surface area (Å²) in [6, 6.07) is -0.861. The van der Waals surface area contributed by atoms with E-state index >= 15 is 0 Å². The number of amides is 1. The predicted octanol–water partition coefficient (Wildman–Crippen LogP) is 11.8. The number of aliphatic hydroxyl groups is 1. The van der Waals surface area contributed by atoms with E-state index in [0.29, 0.717) is 6.42 Å². The van der Waals surface area contributed by atoms with Crippen molar-refractivity contribution in [2.45, 2.75) is 219 Å². The number of carbonyl (C=O) groups excluding carboxylic acids is 1. The van der Waals surface area contributed by atoms with Crippen LogP contribution in [0.15, 0.2) is 24.3 Å². The lowest BCUT2D eigenvalue weighted by Crippen LogP contribution is -2.45. The van der Waals surface area contributed by atoms with Crippen molar-refractivity contribution in [3.8, 4) is 0 Å². The second-order valence-electron chi connectivity index (χ2n) is 14.6. The molecule has 3 atom stereocenters. The maximum absolute atomic E-state index is 12.7. The van der Waals surface area contributed by atoms with Gasteiger partial charge in [0, 0.05) is 13.0 Å². The van der Waals surface area contributed by atoms with Crippen LogP contribution >= 0.6 is 7.82 Å². The Bertz CT molecular complexity index is 855. The zero-order valence-electron chi connectivity index (χ0n) is 33.4. The Morgan fingerprint density at radius 3 is 1.45 bits per heavy atom. The maximum atomic E-state index is 12.7. The molecule has 5 N–H and O–H groups in total. The Morgan fingerprint density at radius 2 is 1.02 bits per heavy atom. The number of rotatable bonds is 40. The van der Waals surface area contributed by atoms with Crippen LogP contribution in [-0.2, 0) is 18.4 Å². The first kappa shape index (κ1) is 50.0. The number of hydrogen-bond acceptors (Lipinski definition) is 6. The molecule has 0 aliphatic rings. The molecule has 0 saturated heterocycles. The average molecular weight is 743 g/mol. The van der Waals surface area contributed by atoms with Crippen molar-refractivity contribution in [2.75, 3.05) is 19.8 Å². The van der Waals surface area contributed by atoms with Gasteiger partial charge < -0.3 is 21.1 Å². The highest BCUT2D eigenvalue weighted by Crippen LogP contribution is 2.43. The molecular formula is C42H83N2O6P. The molecule has 0 radical (unpaired) electrons. The van der Waals surface area contributed by atoms with Gasteiger partial charge in [-0.25, -0.2) is 4.57 Å². The molecule has 0 saturated carbocycles. The molecule has 0 aromatic heterocycles. The predicted molar refractivity (Wildman–Crippen MR) is 217 cm³/mol. The molecule has 0 aromatic carbocycles. The van der Waals surface area contributed by atoms with Crippen molar-refractivity contribution in [3.05, 3.63) is 24.3 Å². The molecule has 0 spiro atoms. The van der Waals surface area contributed by atoms with Gasteiger partial charge in [0.2, 0.25) is 5.91 Å². The fourth-order valence-corrected chi connectivity index (χ4v) is 7.00. The van der Waals surface area contributed by atoms with Crippen molar-refractivity contribution in [1.82, 2.24) is 5.32 Å². The van der Waals surface area contributed by atoms with Gasteiger partial charge in [-0.3, -0.25) is 13.8 Å². The Balaban J connectivity index is 4.24. The van der Waals surface area contributed by atoms with Gasteiger partial charge in [-0.15, -0.1) is 0 Å². The summed E-state index contributed by atoms with van der Waals surface area (Å²) in [5.74, 6) is -0.202. The van der Waals surface area contributed by atoms with Crippen molar-refractivity contribution < 1.29 is 28.4 Å². The van der Waals surface area contributed by atoms with E-state index < -0.39 is 20.0 Å². The fourth-order valence-electron chi connectivity index (χ4n) is 6.24. The topological polar surface area (TPSA) is 131 Å². The average Bonchev–Trinajstić information content (AvgIpc) is 3.12. The molecule has 9 heteroatoms. The highest BCUT2D eigenvalue weighted by molar-refractivity contribution is 7.47. The monoisotopic (exact) mass is 743 g/mol. The number of phosphoric acid groups is 1. The molecule has 0 aliphatic carbocycles. The first-order valence-corrected chi connectivity index (χ1v) is 23.0. The number of nitrogens with one attached hydrogen (secondary N) is 1. The van der Waals surface area contributed by atoms with Gasteiger partial charge in [-0.05, 0) is 44.9 Å². The summed E-state index contributed by atoms with van der Waals surface area (Å²) in [5, 5.41) is 13.7. The Hall–Kier alpha value is -1.02. The minimum absolute atomic E-state index is 0.0781. The summed E-state index contributed by atoms with van der Waals surface area (Å²) in [6.07, 6.45) is 43.6. The molecule has 0 rings (SSSR count). The smallest absolute Gasteiger partial charge is 0.387 e. The molecule has 0 heterocycles. The minimum atomic E-state index is -4.34. The van der Waals surface area contributed by atoms with Gasteiger partial charge in [0.05, 0.1) is 25.4 Å². The van der Waals surface area contributed by atoms with Gasteiger partial charge in [0.1, 0.15) is 0 Å². The van der Waals surface area contributed by atoms with Crippen LogP contribution < -0.4 is 11.1 Å². The van der Waals surface area contributed by atoms with Gasteiger partial charge in [0.25, 0.3) is 0 Å². The molecular weight excluding hydrogens is 659 g/mol. The summed E-state index contributed by atoms with van der Waals surface area (Å²) < 4.78 is 22.1. The lowest BCUT2D eigenvalue weighted by atomic mass is 10.0. The van der Waals surface area contributed by atoms with Gasteiger partial charge in [-0.2, -0.15) is 0 Å². The van der Waals surface area contributed by atoms with E-state index in [1.54, 1.807) is 6.08 Å². The first-order valence-electron chi connectivity index (χ1n) is 21.5. The molecule has 1 amide bonds. The van der Waals surface area contributed by atoms with E-state index in [-0.39, 0.29) is 25.7 Å². The zero-order chi connectivity index (χ0) is 37.5. The maximum Gasteiger partial charge on any atom is 0.472 e. The minimum Gasteiger partial charge on any atom is -0.387 e. The van der Waals surface area contributed by atoms with Crippen molar-refractivity contribution >= 4 is 13.7 Å². The number of nitrogens with two attached hydrogens (primary N) is 1. The third-order valence-corrected chi connectivity index (χ3v) is 10.5. The summed E-state index contributed by atoms with van der Waals surface area (Å²) in [4.78, 5) is 22.7. The normalized spacial score (nSPS) is 14.4. The van der Waals surface area contributed by atoms with E-state index in [1.165, 1.54) is 135 Å². The summed E-state index contributed by atoms with van der Waals surface area (Å²) in [7, 11) is -4.34. The van der Waals surface area contributed by atoms with E-state index in [9.17, 15) is 19.4 Å². The van der Waals surface area contributed by atoms with Crippen LogP contribution in [0.5, 0.6) is 0 Å². The summed E-state index contributed by atoms with van der Waals surface area (Å²) >= 11 is 0. The third-order valence-electron chi connectivity index (χ3n) is 9.52. The van der Waals surface area contributed by atoms with Crippen LogP contribution in [0.3, 0.4) is 0 Å². The molecule has 8 nitrogen and oxygen atoms in total. The SMILES string of the molecule is CCCCCCCC/C=C\CCCCCCCC(=O)NC(COP(=O)(O)OCCN)C(O)/C=C/CCCCCCCCCCCCCCCCC. The van der Waals surface area contributed by atoms with Crippen LogP contribution in [0.1, 0.15) is 206 Å². The van der Waals surface area contributed by atoms with E-state index in [0.717, 1.165) is 51.4 Å². The summed E-state index contributed by atoms with van der Waals surface area (Å²) in [5.41, 5.74) is 5.37. The number of hydrogen-bond donors (Lipinski definition) is 4. The number of allylic oxidation sites excluding steroid dienone is 3. The van der Waals surface area contributed by atoms with Crippen molar-refractivity contribution in [1.29, 1.82) is 0 Å². The molecule has 0 aliphatic heterocycles. The molecule has 3 unspecified atom stereocenters. The highest BCUT2D eigenvalue weighted by Gasteiger charge is 2.26. The second-order valence-corrected chi connectivity index (χ2v) is 16.0. The van der Waals surface area contributed by atoms with Gasteiger partial charge in [0.15, 0.2) is 0 Å². The lowest BCUT2D eigenvalue weighted by Gasteiger charge is -2.23. The quantitative estimate of drug-likeness (QED) is 0.0279. The number of unbranched alkanes of at least 4 members (excludes halogenated alkanes) is 26. The van der Waals surface area contributed by atoms with Gasteiger partial charge >= 0.3 is 7.82 Å². The largest absolute Gasteiger partial charge is 0.472 e. The van der Waals surface area contributed by atoms with Crippen molar-refractivity contribution in [2.24, 2.45) is 5.73 Å². The standard InChI is InChI=1S/C42H83N2O6P/c1-3-5-7-9-11-13-15-17-19-20-22-23-25-27-29-31-33-35-41(45)40(39-50-51(47,48)49-38-37-43)44-42(46)36-34-32-30-28-26-24-21-18-16-14-12-10-8-6-4-2/h18,21,33,35,40-41,45H,3-17,19-20,22-32,34,36-39,43H2,1-2H3,(H,44,46)(H,47,48)/b21-18-,35-33+. The molecule has 0 bridgehead atoms. The number of aliphatic hydroxyl groups excluding tert-OH is 1. The third kappa shape index (κ3) is 37.1. The van der Waals surface area contributed by atoms with Crippen LogP contribution in [0.2, 0.25) is 0 Å². The van der Waals surface area contributed by atoms with E-state index in [1.807, 2.05) is 6.08 Å². The van der Waals surface area contributed by atoms with E-state index in [4.69, 9.17) is 14.8 Å². The highest BCUT2D eigenvalue weighted by atomic mass is 31.2. The van der Waals surface area contributed by atoms with E-state index in [2.05, 4.69) is 31.3 Å². The van der Waals surface area contributed by atoms with Crippen molar-refractivity contribution in [3.63, 3.8) is 0 Å². The number of carbonyl (C=O) groups is 1.